The number of anilines is 1. The molecule has 1 aliphatic carbocycles. The van der Waals surface area contributed by atoms with Crippen molar-refractivity contribution in [3.8, 4) is 0 Å². The summed E-state index contributed by atoms with van der Waals surface area (Å²) in [5.74, 6) is 0.124. The lowest BCUT2D eigenvalue weighted by Gasteiger charge is -2.22. The molecule has 0 spiro atoms. The van der Waals surface area contributed by atoms with Gasteiger partial charge in [0, 0.05) is 29.3 Å². The zero-order chi connectivity index (χ0) is 20.9. The maximum atomic E-state index is 12.8. The minimum atomic E-state index is -0.256. The first-order chi connectivity index (χ1) is 14.6. The Balaban J connectivity index is 1.53. The van der Waals surface area contributed by atoms with Crippen LogP contribution in [0.25, 0.3) is 0 Å². The van der Waals surface area contributed by atoms with Gasteiger partial charge in [-0.05, 0) is 68.0 Å². The van der Waals surface area contributed by atoms with Crippen LogP contribution in [0.4, 0.5) is 5.69 Å². The maximum Gasteiger partial charge on any atom is 0.349 e. The minimum absolute atomic E-state index is 0.0991. The van der Waals surface area contributed by atoms with Crippen LogP contribution in [0.3, 0.4) is 0 Å². The quantitative estimate of drug-likeness (QED) is 0.487. The van der Waals surface area contributed by atoms with Gasteiger partial charge in [0.2, 0.25) is 5.91 Å². The van der Waals surface area contributed by atoms with Gasteiger partial charge in [-0.15, -0.1) is 0 Å². The second-order valence-electron chi connectivity index (χ2n) is 7.48. The Hall–Kier alpha value is -2.93. The number of nitrogens with one attached hydrogen (secondary N) is 1. The Kier molecular flexibility index (Phi) is 6.28. The van der Waals surface area contributed by atoms with E-state index < -0.39 is 0 Å². The Morgan fingerprint density at radius 3 is 2.77 bits per heavy atom. The van der Waals surface area contributed by atoms with Crippen molar-refractivity contribution in [1.29, 1.82) is 0 Å². The number of aryl methyl sites for hydroxylation is 1. The molecule has 1 amide bonds. The smallest absolute Gasteiger partial charge is 0.325 e. The molecule has 0 bridgehead atoms. The largest absolute Gasteiger partial charge is 0.349 e. The summed E-state index contributed by atoms with van der Waals surface area (Å²) < 4.78 is 1.78. The zero-order valence-electron chi connectivity index (χ0n) is 16.9. The van der Waals surface area contributed by atoms with Crippen molar-refractivity contribution in [1.82, 2.24) is 14.5 Å². The van der Waals surface area contributed by atoms with Crippen LogP contribution in [0.2, 0.25) is 0 Å². The van der Waals surface area contributed by atoms with Gasteiger partial charge >= 0.3 is 5.69 Å². The minimum Gasteiger partial charge on any atom is -0.325 e. The van der Waals surface area contributed by atoms with Crippen molar-refractivity contribution < 1.29 is 4.79 Å². The van der Waals surface area contributed by atoms with Gasteiger partial charge in [-0.1, -0.05) is 23.9 Å². The average Bonchev–Trinajstić information content (AvgIpc) is 2.75. The van der Waals surface area contributed by atoms with Gasteiger partial charge < -0.3 is 5.32 Å². The predicted octanol–water partition coefficient (Wildman–Crippen LogP) is 3.60. The zero-order valence-corrected chi connectivity index (χ0v) is 17.7. The highest BCUT2D eigenvalue weighted by atomic mass is 32.2. The number of rotatable bonds is 6. The van der Waals surface area contributed by atoms with E-state index in [1.54, 1.807) is 17.0 Å². The molecule has 1 N–H and O–H groups in total. The fourth-order valence-electron chi connectivity index (χ4n) is 3.75. The van der Waals surface area contributed by atoms with E-state index >= 15 is 0 Å². The molecule has 30 heavy (non-hydrogen) atoms. The van der Waals surface area contributed by atoms with E-state index in [2.05, 4.69) is 15.3 Å². The second kappa shape index (κ2) is 9.26. The van der Waals surface area contributed by atoms with Crippen LogP contribution in [-0.4, -0.2) is 26.2 Å². The van der Waals surface area contributed by atoms with E-state index in [4.69, 9.17) is 0 Å². The van der Waals surface area contributed by atoms with Gasteiger partial charge in [-0.3, -0.25) is 14.3 Å². The highest BCUT2D eigenvalue weighted by molar-refractivity contribution is 8.00. The third kappa shape index (κ3) is 4.79. The number of benzene rings is 1. The highest BCUT2D eigenvalue weighted by Crippen LogP contribution is 2.28. The fraction of sp³-hybridized carbons (Fsp3) is 0.304. The monoisotopic (exact) mass is 420 g/mol. The summed E-state index contributed by atoms with van der Waals surface area (Å²) >= 11 is 1.35. The molecule has 6 nitrogen and oxygen atoms in total. The molecule has 3 aromatic rings. The molecule has 4 rings (SSSR count). The van der Waals surface area contributed by atoms with E-state index in [0.717, 1.165) is 53.8 Å². The lowest BCUT2D eigenvalue weighted by atomic mass is 9.97. The molecule has 2 aromatic heterocycles. The van der Waals surface area contributed by atoms with E-state index in [1.807, 2.05) is 43.3 Å². The number of amides is 1. The van der Waals surface area contributed by atoms with Crippen molar-refractivity contribution in [2.45, 2.75) is 44.2 Å². The molecule has 154 valence electrons. The standard InChI is InChI=1S/C23H24N4O2S/c1-16-5-4-6-18(13-16)25-21(28)15-30-22-19-7-2-3-8-20(19)27(23(29)26-22)14-17-9-11-24-12-10-17/h4-6,9-13H,2-3,7-8,14-15H2,1H3,(H,25,28). The first-order valence-corrected chi connectivity index (χ1v) is 11.1. The SMILES string of the molecule is Cc1cccc(NC(=O)CSc2nc(=O)n(Cc3ccncc3)c3c2CCCC3)c1. The summed E-state index contributed by atoms with van der Waals surface area (Å²) in [6.45, 7) is 2.48. The van der Waals surface area contributed by atoms with Crippen LogP contribution < -0.4 is 11.0 Å². The summed E-state index contributed by atoms with van der Waals surface area (Å²) in [6, 6.07) is 11.5. The van der Waals surface area contributed by atoms with Gasteiger partial charge in [0.25, 0.3) is 0 Å². The molecule has 7 heteroatoms. The molecule has 0 fully saturated rings. The molecule has 0 aliphatic heterocycles. The average molecular weight is 421 g/mol. The van der Waals surface area contributed by atoms with Crippen molar-refractivity contribution in [3.63, 3.8) is 0 Å². The fourth-order valence-corrected chi connectivity index (χ4v) is 4.63. The first-order valence-electron chi connectivity index (χ1n) is 10.1. The van der Waals surface area contributed by atoms with E-state index in [1.165, 1.54) is 11.8 Å². The molecular weight excluding hydrogens is 396 g/mol. The Morgan fingerprint density at radius 1 is 1.17 bits per heavy atom. The molecule has 0 saturated heterocycles. The van der Waals surface area contributed by atoms with Crippen molar-refractivity contribution >= 4 is 23.4 Å². The number of aromatic nitrogens is 3. The van der Waals surface area contributed by atoms with Crippen molar-refractivity contribution in [2.24, 2.45) is 0 Å². The number of thioether (sulfide) groups is 1. The topological polar surface area (TPSA) is 76.9 Å². The molecule has 0 radical (unpaired) electrons. The van der Waals surface area contributed by atoms with Gasteiger partial charge in [0.15, 0.2) is 0 Å². The van der Waals surface area contributed by atoms with Gasteiger partial charge in [0.05, 0.1) is 12.3 Å². The molecule has 1 aliphatic rings. The van der Waals surface area contributed by atoms with E-state index in [9.17, 15) is 9.59 Å². The van der Waals surface area contributed by atoms with Crippen molar-refractivity contribution in [2.75, 3.05) is 11.1 Å². The summed E-state index contributed by atoms with van der Waals surface area (Å²) in [6.07, 6.45) is 7.35. The third-order valence-corrected chi connectivity index (χ3v) is 6.20. The lowest BCUT2D eigenvalue weighted by molar-refractivity contribution is -0.113. The Labute approximate surface area is 179 Å². The number of carbonyl (C=O) groups excluding carboxylic acids is 1. The summed E-state index contributed by atoms with van der Waals surface area (Å²) in [4.78, 5) is 33.6. The third-order valence-electron chi connectivity index (χ3n) is 5.18. The molecule has 0 saturated carbocycles. The van der Waals surface area contributed by atoms with Gasteiger partial charge in [-0.2, -0.15) is 4.98 Å². The van der Waals surface area contributed by atoms with Crippen LogP contribution in [0.1, 0.15) is 35.2 Å². The summed E-state index contributed by atoms with van der Waals surface area (Å²) in [7, 11) is 0. The molecule has 2 heterocycles. The normalized spacial score (nSPS) is 13.0. The maximum absolute atomic E-state index is 12.8. The molecule has 1 aromatic carbocycles. The Bertz CT molecular complexity index is 1110. The summed E-state index contributed by atoms with van der Waals surface area (Å²) in [5.41, 5.74) is 4.81. The van der Waals surface area contributed by atoms with Crippen LogP contribution in [0.5, 0.6) is 0 Å². The first kappa shape index (κ1) is 20.3. The van der Waals surface area contributed by atoms with E-state index in [-0.39, 0.29) is 17.3 Å². The number of hydrogen-bond donors (Lipinski definition) is 1. The van der Waals surface area contributed by atoms with Crippen LogP contribution >= 0.6 is 11.8 Å². The number of pyridine rings is 1. The number of nitrogens with zero attached hydrogens (tertiary/aromatic N) is 3. The lowest BCUT2D eigenvalue weighted by Crippen LogP contribution is -2.30. The van der Waals surface area contributed by atoms with Gasteiger partial charge in [-0.25, -0.2) is 4.79 Å². The molecule has 0 atom stereocenters. The Morgan fingerprint density at radius 2 is 1.97 bits per heavy atom. The number of fused-ring (bicyclic) bond motifs is 1. The van der Waals surface area contributed by atoms with Crippen molar-refractivity contribution in [3.05, 3.63) is 81.7 Å². The van der Waals surface area contributed by atoms with Crippen LogP contribution in [0.15, 0.2) is 58.6 Å². The highest BCUT2D eigenvalue weighted by Gasteiger charge is 2.21. The van der Waals surface area contributed by atoms with Crippen LogP contribution in [-0.2, 0) is 24.2 Å². The molecule has 0 unspecified atom stereocenters. The van der Waals surface area contributed by atoms with Gasteiger partial charge in [0.1, 0.15) is 5.03 Å². The molecular formula is C23H24N4O2S. The van der Waals surface area contributed by atoms with Crippen LogP contribution in [0, 0.1) is 6.92 Å². The van der Waals surface area contributed by atoms with E-state index in [0.29, 0.717) is 11.6 Å². The number of hydrogen-bond acceptors (Lipinski definition) is 5. The second-order valence-corrected chi connectivity index (χ2v) is 8.44. The number of carbonyl (C=O) groups is 1. The summed E-state index contributed by atoms with van der Waals surface area (Å²) in [5, 5.41) is 3.61. The predicted molar refractivity (Wildman–Crippen MR) is 119 cm³/mol.